The molecule has 108 valence electrons. The quantitative estimate of drug-likeness (QED) is 0.758. The highest BCUT2D eigenvalue weighted by Crippen LogP contribution is 2.44. The Morgan fingerprint density at radius 3 is 2.79 bits per heavy atom. The predicted octanol–water partition coefficient (Wildman–Crippen LogP) is 1.29. The van der Waals surface area contributed by atoms with Gasteiger partial charge >= 0.3 is 0 Å². The van der Waals surface area contributed by atoms with E-state index in [4.69, 9.17) is 4.74 Å². The van der Waals surface area contributed by atoms with E-state index in [0.717, 1.165) is 12.8 Å². The van der Waals surface area contributed by atoms with Gasteiger partial charge in [0.25, 0.3) is 5.91 Å². The number of nitrogens with one attached hydrogen (secondary N) is 2. The van der Waals surface area contributed by atoms with Gasteiger partial charge in [0.1, 0.15) is 5.54 Å². The fourth-order valence-corrected chi connectivity index (χ4v) is 3.71. The molecule has 5 nitrogen and oxygen atoms in total. The van der Waals surface area contributed by atoms with Gasteiger partial charge in [-0.2, -0.15) is 0 Å². The molecule has 2 aliphatic rings. The minimum atomic E-state index is -0.465. The molecule has 1 spiro atoms. The average Bonchev–Trinajstić information content (AvgIpc) is 2.52. The first kappa shape index (κ1) is 14.3. The van der Waals surface area contributed by atoms with Crippen LogP contribution in [0, 0.1) is 11.3 Å². The predicted molar refractivity (Wildman–Crippen MR) is 75.0 cm³/mol. The van der Waals surface area contributed by atoms with E-state index in [9.17, 15) is 4.79 Å². The van der Waals surface area contributed by atoms with Gasteiger partial charge in [-0.1, -0.05) is 20.8 Å². The Labute approximate surface area is 115 Å². The summed E-state index contributed by atoms with van der Waals surface area (Å²) in [4.78, 5) is 16.7. The number of carbonyl (C=O) groups excluding carboxylic acids is 1. The van der Waals surface area contributed by atoms with E-state index in [1.54, 1.807) is 7.11 Å². The van der Waals surface area contributed by atoms with Crippen LogP contribution >= 0.6 is 0 Å². The molecule has 1 aliphatic heterocycles. The zero-order chi connectivity index (χ0) is 14.1. The third-order valence-corrected chi connectivity index (χ3v) is 3.97. The molecule has 2 unspecified atom stereocenters. The Hall–Kier alpha value is -1.10. The average molecular weight is 267 g/mol. The summed E-state index contributed by atoms with van der Waals surface area (Å²) in [5.74, 6) is 1.22. The summed E-state index contributed by atoms with van der Waals surface area (Å²) in [6.07, 6.45) is 2.91. The molecule has 1 saturated heterocycles. The highest BCUT2D eigenvalue weighted by atomic mass is 16.5. The van der Waals surface area contributed by atoms with Gasteiger partial charge in [0.15, 0.2) is 5.96 Å². The lowest BCUT2D eigenvalue weighted by Gasteiger charge is -2.43. The number of amides is 1. The van der Waals surface area contributed by atoms with Gasteiger partial charge in [-0.3, -0.25) is 15.1 Å². The largest absolute Gasteiger partial charge is 0.383 e. The molecule has 19 heavy (non-hydrogen) atoms. The number of rotatable bonds is 3. The molecule has 2 rings (SSSR count). The lowest BCUT2D eigenvalue weighted by Crippen LogP contribution is -2.54. The third kappa shape index (κ3) is 3.08. The highest BCUT2D eigenvalue weighted by Gasteiger charge is 2.51. The lowest BCUT2D eigenvalue weighted by molar-refractivity contribution is -0.127. The van der Waals surface area contributed by atoms with Crippen molar-refractivity contribution in [3.8, 4) is 0 Å². The molecule has 0 aromatic heterocycles. The first-order valence-corrected chi connectivity index (χ1v) is 7.00. The number of ether oxygens (including phenoxy) is 1. The number of hydrogen-bond donors (Lipinski definition) is 2. The molecule has 2 N–H and O–H groups in total. The Bertz CT molecular complexity index is 392. The smallest absolute Gasteiger partial charge is 0.252 e. The molecular weight excluding hydrogens is 242 g/mol. The summed E-state index contributed by atoms with van der Waals surface area (Å²) in [5.41, 5.74) is -0.281. The van der Waals surface area contributed by atoms with Gasteiger partial charge in [-0.15, -0.1) is 0 Å². The monoisotopic (exact) mass is 267 g/mol. The maximum atomic E-state index is 12.3. The van der Waals surface area contributed by atoms with Crippen LogP contribution in [0.2, 0.25) is 0 Å². The van der Waals surface area contributed by atoms with Gasteiger partial charge in [-0.25, -0.2) is 0 Å². The van der Waals surface area contributed by atoms with Crippen molar-refractivity contribution in [1.29, 1.82) is 0 Å². The topological polar surface area (TPSA) is 62.7 Å². The first-order valence-electron chi connectivity index (χ1n) is 7.00. The molecule has 1 heterocycles. The van der Waals surface area contributed by atoms with Crippen molar-refractivity contribution < 1.29 is 9.53 Å². The highest BCUT2D eigenvalue weighted by molar-refractivity contribution is 6.09. The normalized spacial score (nSPS) is 35.5. The molecule has 0 bridgehead atoms. The fraction of sp³-hybridized carbons (Fsp3) is 0.857. The van der Waals surface area contributed by atoms with Crippen molar-refractivity contribution in [3.63, 3.8) is 0 Å². The fourth-order valence-electron chi connectivity index (χ4n) is 3.71. The zero-order valence-corrected chi connectivity index (χ0v) is 12.4. The van der Waals surface area contributed by atoms with E-state index >= 15 is 0 Å². The Balaban J connectivity index is 2.11. The number of aliphatic imine (C=N–C) groups is 1. The second-order valence-electron chi connectivity index (χ2n) is 6.74. The van der Waals surface area contributed by atoms with Crippen LogP contribution in [0.25, 0.3) is 0 Å². The molecule has 0 aromatic rings. The molecule has 1 aliphatic carbocycles. The van der Waals surface area contributed by atoms with E-state index < -0.39 is 5.54 Å². The Morgan fingerprint density at radius 1 is 1.42 bits per heavy atom. The van der Waals surface area contributed by atoms with Crippen LogP contribution in [0.3, 0.4) is 0 Å². The van der Waals surface area contributed by atoms with Crippen LogP contribution in [0.1, 0.15) is 40.0 Å². The van der Waals surface area contributed by atoms with Crippen molar-refractivity contribution in [2.75, 3.05) is 20.3 Å². The van der Waals surface area contributed by atoms with Gasteiger partial charge in [0.05, 0.1) is 13.2 Å². The second-order valence-corrected chi connectivity index (χ2v) is 6.74. The second kappa shape index (κ2) is 5.12. The summed E-state index contributed by atoms with van der Waals surface area (Å²) in [6.45, 7) is 7.82. The molecule has 2 fully saturated rings. The van der Waals surface area contributed by atoms with E-state index in [0.29, 0.717) is 25.0 Å². The summed E-state index contributed by atoms with van der Waals surface area (Å²) in [7, 11) is 1.65. The van der Waals surface area contributed by atoms with Gasteiger partial charge in [0.2, 0.25) is 0 Å². The summed E-state index contributed by atoms with van der Waals surface area (Å²) >= 11 is 0. The van der Waals surface area contributed by atoms with Crippen molar-refractivity contribution in [1.82, 2.24) is 10.6 Å². The molecular formula is C14H25N3O2. The lowest BCUT2D eigenvalue weighted by atomic mass is 9.64. The van der Waals surface area contributed by atoms with Crippen LogP contribution in [0.5, 0.6) is 0 Å². The maximum Gasteiger partial charge on any atom is 0.252 e. The number of hydrogen-bond acceptors (Lipinski definition) is 3. The Morgan fingerprint density at radius 2 is 2.16 bits per heavy atom. The summed E-state index contributed by atoms with van der Waals surface area (Å²) in [6, 6.07) is 0. The van der Waals surface area contributed by atoms with Gasteiger partial charge < -0.3 is 10.1 Å². The SMILES string of the molecule is COCCN=C1NC(=O)C2(CC(C)CC(C)(C)C2)N1. The Kier molecular flexibility index (Phi) is 3.85. The molecule has 2 atom stereocenters. The first-order chi connectivity index (χ1) is 8.87. The van der Waals surface area contributed by atoms with Crippen LogP contribution in [-0.4, -0.2) is 37.7 Å². The van der Waals surface area contributed by atoms with E-state index in [1.807, 2.05) is 0 Å². The zero-order valence-electron chi connectivity index (χ0n) is 12.4. The number of nitrogens with zero attached hydrogens (tertiary/aromatic N) is 1. The molecule has 1 amide bonds. The van der Waals surface area contributed by atoms with Crippen LogP contribution in [-0.2, 0) is 9.53 Å². The summed E-state index contributed by atoms with van der Waals surface area (Å²) < 4.78 is 4.97. The molecule has 0 radical (unpaired) electrons. The van der Waals surface area contributed by atoms with Crippen molar-refractivity contribution in [2.45, 2.75) is 45.6 Å². The number of methoxy groups -OCH3 is 1. The van der Waals surface area contributed by atoms with Crippen molar-refractivity contribution >= 4 is 11.9 Å². The van der Waals surface area contributed by atoms with Crippen LogP contribution < -0.4 is 10.6 Å². The van der Waals surface area contributed by atoms with Crippen LogP contribution in [0.15, 0.2) is 4.99 Å². The minimum absolute atomic E-state index is 0.0725. The standard InChI is InChI=1S/C14H25N3O2/c1-10-7-13(2,3)9-14(8-10)11(18)16-12(17-14)15-5-6-19-4/h10H,5-9H2,1-4H3,(H2,15,16,17,18). The van der Waals surface area contributed by atoms with Crippen molar-refractivity contribution in [2.24, 2.45) is 16.3 Å². The maximum absolute atomic E-state index is 12.3. The minimum Gasteiger partial charge on any atom is -0.383 e. The number of carbonyl (C=O) groups is 1. The molecule has 5 heteroatoms. The van der Waals surface area contributed by atoms with Crippen molar-refractivity contribution in [3.05, 3.63) is 0 Å². The van der Waals surface area contributed by atoms with E-state index in [-0.39, 0.29) is 11.3 Å². The molecule has 0 aromatic carbocycles. The van der Waals surface area contributed by atoms with Crippen LogP contribution in [0.4, 0.5) is 0 Å². The van der Waals surface area contributed by atoms with Gasteiger partial charge in [0, 0.05) is 7.11 Å². The van der Waals surface area contributed by atoms with E-state index in [2.05, 4.69) is 36.4 Å². The number of guanidine groups is 1. The molecule has 1 saturated carbocycles. The van der Waals surface area contributed by atoms with E-state index in [1.165, 1.54) is 6.42 Å². The third-order valence-electron chi connectivity index (χ3n) is 3.97. The van der Waals surface area contributed by atoms with Gasteiger partial charge in [-0.05, 0) is 30.6 Å². The summed E-state index contributed by atoms with van der Waals surface area (Å²) in [5, 5.41) is 6.21.